The molecule has 1 nitrogen and oxygen atoms in total. The van der Waals surface area contributed by atoms with Crippen LogP contribution in [0.3, 0.4) is 0 Å². The molecule has 0 amide bonds. The fourth-order valence-corrected chi connectivity index (χ4v) is 2.44. The van der Waals surface area contributed by atoms with E-state index in [9.17, 15) is 4.79 Å². The Bertz CT molecular complexity index is 105. The Morgan fingerprint density at radius 2 is 2.56 bits per heavy atom. The van der Waals surface area contributed by atoms with Gasteiger partial charge >= 0.3 is 0 Å². The van der Waals surface area contributed by atoms with Crippen LogP contribution in [0, 0.1) is 5.92 Å². The van der Waals surface area contributed by atoms with Gasteiger partial charge in [0.2, 0.25) is 0 Å². The largest absolute Gasteiger partial charge is 0.300 e. The van der Waals surface area contributed by atoms with Crippen LogP contribution in [-0.2, 0) is 4.79 Å². The summed E-state index contributed by atoms with van der Waals surface area (Å²) in [6, 6.07) is 0. The van der Waals surface area contributed by atoms with Gasteiger partial charge in [0.15, 0.2) is 0 Å². The van der Waals surface area contributed by atoms with Crippen LogP contribution in [0.1, 0.15) is 19.8 Å². The van der Waals surface area contributed by atoms with Crippen molar-refractivity contribution in [3.05, 3.63) is 0 Å². The lowest BCUT2D eigenvalue weighted by atomic mass is 10.0. The molecule has 0 radical (unpaired) electrons. The Morgan fingerprint density at radius 3 is 3.00 bits per heavy atom. The number of rotatable bonds is 2. The Morgan fingerprint density at radius 1 is 1.78 bits per heavy atom. The van der Waals surface area contributed by atoms with Gasteiger partial charge < -0.3 is 4.79 Å². The Labute approximate surface area is 60.2 Å². The summed E-state index contributed by atoms with van der Waals surface area (Å²) in [7, 11) is 0. The molecule has 0 aromatic rings. The number of carbonyl (C=O) groups is 1. The molecule has 9 heavy (non-hydrogen) atoms. The third-order valence-corrected chi connectivity index (χ3v) is 2.83. The van der Waals surface area contributed by atoms with Crippen LogP contribution in [0.5, 0.6) is 0 Å². The summed E-state index contributed by atoms with van der Waals surface area (Å²) in [6.07, 6.45) is 2.07. The second kappa shape index (κ2) is 3.25. The van der Waals surface area contributed by atoms with Crippen molar-refractivity contribution in [2.24, 2.45) is 5.92 Å². The smallest absolute Gasteiger partial charge is 0.130 e. The normalized spacial score (nSPS) is 26.6. The molecule has 1 aliphatic heterocycles. The standard InChI is InChI=1S/C7H12OS/c1-6(8)4-7-2-3-9-5-7/h7H,2-5H2,1H3. The zero-order valence-electron chi connectivity index (χ0n) is 5.72. The van der Waals surface area contributed by atoms with Gasteiger partial charge in [0, 0.05) is 6.42 Å². The molecule has 1 unspecified atom stereocenters. The molecule has 1 rings (SSSR count). The van der Waals surface area contributed by atoms with E-state index in [-0.39, 0.29) is 0 Å². The molecule has 2 heteroatoms. The molecule has 1 atom stereocenters. The van der Waals surface area contributed by atoms with Gasteiger partial charge in [0.25, 0.3) is 0 Å². The first kappa shape index (κ1) is 7.13. The van der Waals surface area contributed by atoms with Crippen molar-refractivity contribution < 1.29 is 4.79 Å². The predicted octanol–water partition coefficient (Wildman–Crippen LogP) is 1.72. The number of thioether (sulfide) groups is 1. The van der Waals surface area contributed by atoms with E-state index in [1.54, 1.807) is 6.92 Å². The molecular weight excluding hydrogens is 132 g/mol. The molecule has 0 saturated carbocycles. The van der Waals surface area contributed by atoms with Crippen molar-refractivity contribution in [2.75, 3.05) is 11.5 Å². The van der Waals surface area contributed by atoms with E-state index >= 15 is 0 Å². The molecule has 0 aliphatic carbocycles. The molecule has 1 fully saturated rings. The van der Waals surface area contributed by atoms with Gasteiger partial charge in [-0.25, -0.2) is 0 Å². The highest BCUT2D eigenvalue weighted by Crippen LogP contribution is 2.25. The highest BCUT2D eigenvalue weighted by Gasteiger charge is 2.16. The number of hydrogen-bond donors (Lipinski definition) is 0. The van der Waals surface area contributed by atoms with E-state index in [1.807, 2.05) is 11.8 Å². The van der Waals surface area contributed by atoms with Gasteiger partial charge in [-0.05, 0) is 30.8 Å². The molecule has 1 saturated heterocycles. The van der Waals surface area contributed by atoms with E-state index in [1.165, 1.54) is 17.9 Å². The van der Waals surface area contributed by atoms with E-state index in [2.05, 4.69) is 0 Å². The maximum absolute atomic E-state index is 10.6. The molecule has 0 N–H and O–H groups in total. The van der Waals surface area contributed by atoms with Crippen molar-refractivity contribution in [3.63, 3.8) is 0 Å². The fourth-order valence-electron chi connectivity index (χ4n) is 1.15. The van der Waals surface area contributed by atoms with E-state index in [0.717, 1.165) is 6.42 Å². The van der Waals surface area contributed by atoms with Crippen LogP contribution in [0.2, 0.25) is 0 Å². The van der Waals surface area contributed by atoms with E-state index < -0.39 is 0 Å². The third kappa shape index (κ3) is 2.39. The molecule has 0 bridgehead atoms. The Hall–Kier alpha value is 0.0200. The average molecular weight is 144 g/mol. The van der Waals surface area contributed by atoms with Crippen LogP contribution in [0.4, 0.5) is 0 Å². The quantitative estimate of drug-likeness (QED) is 0.587. The van der Waals surface area contributed by atoms with Crippen molar-refractivity contribution in [3.8, 4) is 0 Å². The van der Waals surface area contributed by atoms with Crippen molar-refractivity contribution >= 4 is 17.5 Å². The number of Topliss-reactive ketones (excluding diaryl/α,β-unsaturated/α-hetero) is 1. The molecule has 0 spiro atoms. The zero-order chi connectivity index (χ0) is 6.69. The minimum absolute atomic E-state index is 0.350. The second-order valence-electron chi connectivity index (χ2n) is 2.64. The monoisotopic (exact) mass is 144 g/mol. The lowest BCUT2D eigenvalue weighted by molar-refractivity contribution is -0.117. The maximum atomic E-state index is 10.6. The van der Waals surface area contributed by atoms with Crippen LogP contribution >= 0.6 is 11.8 Å². The SMILES string of the molecule is CC(=O)CC1CCSC1. The highest BCUT2D eigenvalue weighted by molar-refractivity contribution is 7.99. The van der Waals surface area contributed by atoms with Gasteiger partial charge in [-0.2, -0.15) is 11.8 Å². The molecule has 1 heterocycles. The summed E-state index contributed by atoms with van der Waals surface area (Å²) in [5, 5.41) is 0. The molecule has 0 aromatic heterocycles. The molecule has 1 aliphatic rings. The lowest BCUT2D eigenvalue weighted by Gasteiger charge is -2.01. The number of hydrogen-bond acceptors (Lipinski definition) is 2. The minimum atomic E-state index is 0.350. The average Bonchev–Trinajstić information content (AvgIpc) is 2.15. The van der Waals surface area contributed by atoms with Gasteiger partial charge in [0.1, 0.15) is 5.78 Å². The number of ketones is 1. The van der Waals surface area contributed by atoms with Crippen molar-refractivity contribution in [1.82, 2.24) is 0 Å². The summed E-state index contributed by atoms with van der Waals surface area (Å²) in [6.45, 7) is 1.68. The first-order valence-electron chi connectivity index (χ1n) is 3.36. The Balaban J connectivity index is 2.19. The van der Waals surface area contributed by atoms with E-state index in [4.69, 9.17) is 0 Å². The van der Waals surface area contributed by atoms with Gasteiger partial charge in [0.05, 0.1) is 0 Å². The van der Waals surface area contributed by atoms with Gasteiger partial charge in [-0.1, -0.05) is 0 Å². The molecule has 0 aromatic carbocycles. The maximum Gasteiger partial charge on any atom is 0.130 e. The predicted molar refractivity (Wildman–Crippen MR) is 40.7 cm³/mol. The second-order valence-corrected chi connectivity index (χ2v) is 3.79. The third-order valence-electron chi connectivity index (χ3n) is 1.60. The summed E-state index contributed by atoms with van der Waals surface area (Å²) in [4.78, 5) is 10.6. The van der Waals surface area contributed by atoms with Crippen LogP contribution in [-0.4, -0.2) is 17.3 Å². The van der Waals surface area contributed by atoms with Gasteiger partial charge in [-0.15, -0.1) is 0 Å². The van der Waals surface area contributed by atoms with Gasteiger partial charge in [-0.3, -0.25) is 0 Å². The summed E-state index contributed by atoms with van der Waals surface area (Å²) < 4.78 is 0. The van der Waals surface area contributed by atoms with E-state index in [0.29, 0.717) is 11.7 Å². The van der Waals surface area contributed by atoms with Crippen LogP contribution in [0.15, 0.2) is 0 Å². The van der Waals surface area contributed by atoms with Crippen molar-refractivity contribution in [2.45, 2.75) is 19.8 Å². The lowest BCUT2D eigenvalue weighted by Crippen LogP contribution is -2.03. The van der Waals surface area contributed by atoms with Crippen molar-refractivity contribution in [1.29, 1.82) is 0 Å². The summed E-state index contributed by atoms with van der Waals surface area (Å²) in [5.41, 5.74) is 0. The summed E-state index contributed by atoms with van der Waals surface area (Å²) in [5.74, 6) is 3.52. The highest BCUT2D eigenvalue weighted by atomic mass is 32.2. The zero-order valence-corrected chi connectivity index (χ0v) is 6.54. The number of carbonyl (C=O) groups excluding carboxylic acids is 1. The topological polar surface area (TPSA) is 17.1 Å². The molecular formula is C7H12OS. The first-order chi connectivity index (χ1) is 4.29. The Kier molecular flexibility index (Phi) is 2.58. The summed E-state index contributed by atoms with van der Waals surface area (Å²) >= 11 is 1.97. The van der Waals surface area contributed by atoms with Crippen LogP contribution < -0.4 is 0 Å². The molecule has 52 valence electrons. The van der Waals surface area contributed by atoms with Crippen LogP contribution in [0.25, 0.3) is 0 Å². The first-order valence-corrected chi connectivity index (χ1v) is 4.51. The minimum Gasteiger partial charge on any atom is -0.300 e. The fraction of sp³-hybridized carbons (Fsp3) is 0.857.